The standard InChI is InChI=1S/C16H20N2O/c1-2-9-19-15(6-1)12-18-11-14-5-3-4-13-10-17-8-7-16(13)14/h3-5,7-8,10,15,18H,1-2,6,9,11-12H2. The van der Waals surface area contributed by atoms with Gasteiger partial charge in [0.05, 0.1) is 6.10 Å². The maximum Gasteiger partial charge on any atom is 0.0699 e. The molecular formula is C16H20N2O. The summed E-state index contributed by atoms with van der Waals surface area (Å²) < 4.78 is 5.73. The summed E-state index contributed by atoms with van der Waals surface area (Å²) in [6.45, 7) is 2.76. The third-order valence-corrected chi connectivity index (χ3v) is 3.73. The largest absolute Gasteiger partial charge is 0.377 e. The van der Waals surface area contributed by atoms with E-state index in [1.807, 2.05) is 12.4 Å². The zero-order chi connectivity index (χ0) is 12.9. The molecule has 3 rings (SSSR count). The molecule has 0 amide bonds. The molecule has 1 aromatic heterocycles. The summed E-state index contributed by atoms with van der Waals surface area (Å²) >= 11 is 0. The molecule has 1 aliphatic heterocycles. The number of ether oxygens (including phenoxy) is 1. The second-order valence-corrected chi connectivity index (χ2v) is 5.13. The summed E-state index contributed by atoms with van der Waals surface area (Å²) in [5, 5.41) is 6.01. The van der Waals surface area contributed by atoms with E-state index in [0.29, 0.717) is 6.10 Å². The Hall–Kier alpha value is -1.45. The molecule has 2 heterocycles. The van der Waals surface area contributed by atoms with E-state index in [1.165, 1.54) is 35.6 Å². The first-order valence-corrected chi connectivity index (χ1v) is 7.07. The summed E-state index contributed by atoms with van der Waals surface area (Å²) in [6, 6.07) is 8.47. The molecule has 3 nitrogen and oxygen atoms in total. The Morgan fingerprint density at radius 1 is 1.26 bits per heavy atom. The smallest absolute Gasteiger partial charge is 0.0699 e. The molecule has 1 aliphatic rings. The van der Waals surface area contributed by atoms with Crippen LogP contribution in [0.15, 0.2) is 36.7 Å². The van der Waals surface area contributed by atoms with Crippen molar-refractivity contribution in [2.45, 2.75) is 31.9 Å². The molecular weight excluding hydrogens is 236 g/mol. The van der Waals surface area contributed by atoms with E-state index in [9.17, 15) is 0 Å². The van der Waals surface area contributed by atoms with Gasteiger partial charge in [0.15, 0.2) is 0 Å². The Kier molecular flexibility index (Phi) is 4.06. The number of nitrogens with one attached hydrogen (secondary N) is 1. The van der Waals surface area contributed by atoms with Gasteiger partial charge in [0.25, 0.3) is 0 Å². The minimum atomic E-state index is 0.394. The van der Waals surface area contributed by atoms with Crippen LogP contribution in [-0.2, 0) is 11.3 Å². The minimum absolute atomic E-state index is 0.394. The molecule has 2 aromatic rings. The van der Waals surface area contributed by atoms with Gasteiger partial charge in [-0.15, -0.1) is 0 Å². The normalized spacial score (nSPS) is 19.7. The number of hydrogen-bond donors (Lipinski definition) is 1. The van der Waals surface area contributed by atoms with Crippen LogP contribution in [-0.4, -0.2) is 24.2 Å². The third kappa shape index (κ3) is 3.11. The molecule has 0 bridgehead atoms. The number of fused-ring (bicyclic) bond motifs is 1. The lowest BCUT2D eigenvalue weighted by atomic mass is 10.1. The van der Waals surface area contributed by atoms with Gasteiger partial charge in [0.2, 0.25) is 0 Å². The quantitative estimate of drug-likeness (QED) is 0.913. The van der Waals surface area contributed by atoms with Gasteiger partial charge in [-0.1, -0.05) is 18.2 Å². The van der Waals surface area contributed by atoms with E-state index in [2.05, 4.69) is 34.6 Å². The second kappa shape index (κ2) is 6.13. The van der Waals surface area contributed by atoms with Crippen LogP contribution in [0.1, 0.15) is 24.8 Å². The molecule has 1 aromatic carbocycles. The molecule has 100 valence electrons. The molecule has 1 fully saturated rings. The van der Waals surface area contributed by atoms with Crippen molar-refractivity contribution in [1.82, 2.24) is 10.3 Å². The van der Waals surface area contributed by atoms with E-state index < -0.39 is 0 Å². The van der Waals surface area contributed by atoms with Crippen molar-refractivity contribution in [3.05, 3.63) is 42.2 Å². The molecule has 1 N–H and O–H groups in total. The Balaban J connectivity index is 1.62. The molecule has 1 atom stereocenters. The summed E-state index contributed by atoms with van der Waals surface area (Å²) in [4.78, 5) is 4.17. The molecule has 1 saturated heterocycles. The minimum Gasteiger partial charge on any atom is -0.377 e. The van der Waals surface area contributed by atoms with Crippen molar-refractivity contribution in [2.75, 3.05) is 13.2 Å². The highest BCUT2D eigenvalue weighted by atomic mass is 16.5. The predicted octanol–water partition coefficient (Wildman–Crippen LogP) is 2.89. The number of hydrogen-bond acceptors (Lipinski definition) is 3. The molecule has 0 aliphatic carbocycles. The molecule has 1 unspecified atom stereocenters. The van der Waals surface area contributed by atoms with Crippen molar-refractivity contribution in [1.29, 1.82) is 0 Å². The SMILES string of the molecule is c1cc(CNCC2CCCCO2)c2ccncc2c1. The van der Waals surface area contributed by atoms with Crippen LogP contribution in [0.3, 0.4) is 0 Å². The molecule has 3 heteroatoms. The second-order valence-electron chi connectivity index (χ2n) is 5.13. The van der Waals surface area contributed by atoms with E-state index >= 15 is 0 Å². The zero-order valence-corrected chi connectivity index (χ0v) is 11.1. The molecule has 0 radical (unpaired) electrons. The van der Waals surface area contributed by atoms with Crippen molar-refractivity contribution in [3.63, 3.8) is 0 Å². The molecule has 0 saturated carbocycles. The van der Waals surface area contributed by atoms with Gasteiger partial charge in [-0.05, 0) is 36.3 Å². The third-order valence-electron chi connectivity index (χ3n) is 3.73. The van der Waals surface area contributed by atoms with Crippen molar-refractivity contribution < 1.29 is 4.74 Å². The van der Waals surface area contributed by atoms with Crippen LogP contribution in [0.25, 0.3) is 10.8 Å². The lowest BCUT2D eigenvalue weighted by Gasteiger charge is -2.23. The van der Waals surface area contributed by atoms with Gasteiger partial charge in [-0.25, -0.2) is 0 Å². The van der Waals surface area contributed by atoms with Crippen LogP contribution in [0.2, 0.25) is 0 Å². The number of pyridine rings is 1. The molecule has 19 heavy (non-hydrogen) atoms. The summed E-state index contributed by atoms with van der Waals surface area (Å²) in [5.74, 6) is 0. The first-order chi connectivity index (χ1) is 9.43. The first-order valence-electron chi connectivity index (χ1n) is 7.07. The number of rotatable bonds is 4. The number of aromatic nitrogens is 1. The summed E-state index contributed by atoms with van der Waals surface area (Å²) in [7, 11) is 0. The highest BCUT2D eigenvalue weighted by Crippen LogP contribution is 2.17. The Bertz CT molecular complexity index is 530. The van der Waals surface area contributed by atoms with Gasteiger partial charge >= 0.3 is 0 Å². The van der Waals surface area contributed by atoms with E-state index in [0.717, 1.165) is 19.7 Å². The highest BCUT2D eigenvalue weighted by molar-refractivity contribution is 5.84. The summed E-state index contributed by atoms with van der Waals surface area (Å²) in [6.07, 6.45) is 7.87. The van der Waals surface area contributed by atoms with Crippen molar-refractivity contribution >= 4 is 10.8 Å². The monoisotopic (exact) mass is 256 g/mol. The van der Waals surface area contributed by atoms with Crippen molar-refractivity contribution in [3.8, 4) is 0 Å². The maximum absolute atomic E-state index is 5.73. The Labute approximate surface area is 114 Å². The highest BCUT2D eigenvalue weighted by Gasteiger charge is 2.13. The van der Waals surface area contributed by atoms with Crippen molar-refractivity contribution in [2.24, 2.45) is 0 Å². The molecule has 0 spiro atoms. The Morgan fingerprint density at radius 3 is 3.16 bits per heavy atom. The van der Waals surface area contributed by atoms with Gasteiger partial charge in [0.1, 0.15) is 0 Å². The number of benzene rings is 1. The van der Waals surface area contributed by atoms with Gasteiger partial charge < -0.3 is 10.1 Å². The van der Waals surface area contributed by atoms with Crippen LogP contribution < -0.4 is 5.32 Å². The van der Waals surface area contributed by atoms with E-state index in [4.69, 9.17) is 4.74 Å². The van der Waals surface area contributed by atoms with Gasteiger partial charge in [-0.2, -0.15) is 0 Å². The van der Waals surface area contributed by atoms with Crippen LogP contribution in [0, 0.1) is 0 Å². The van der Waals surface area contributed by atoms with Crippen LogP contribution in [0.4, 0.5) is 0 Å². The predicted molar refractivity (Wildman–Crippen MR) is 77.0 cm³/mol. The topological polar surface area (TPSA) is 34.1 Å². The average molecular weight is 256 g/mol. The fraction of sp³-hybridized carbons (Fsp3) is 0.438. The fourth-order valence-corrected chi connectivity index (χ4v) is 2.68. The first kappa shape index (κ1) is 12.6. The number of nitrogens with zero attached hydrogens (tertiary/aromatic N) is 1. The van der Waals surface area contributed by atoms with E-state index in [1.54, 1.807) is 0 Å². The Morgan fingerprint density at radius 2 is 2.26 bits per heavy atom. The zero-order valence-electron chi connectivity index (χ0n) is 11.1. The summed E-state index contributed by atoms with van der Waals surface area (Å²) in [5.41, 5.74) is 1.33. The maximum atomic E-state index is 5.73. The lowest BCUT2D eigenvalue weighted by Crippen LogP contribution is -2.31. The van der Waals surface area contributed by atoms with Crippen LogP contribution in [0.5, 0.6) is 0 Å². The van der Waals surface area contributed by atoms with Gasteiger partial charge in [-0.3, -0.25) is 4.98 Å². The lowest BCUT2D eigenvalue weighted by molar-refractivity contribution is 0.0168. The average Bonchev–Trinajstić information content (AvgIpc) is 2.49. The van der Waals surface area contributed by atoms with Crippen LogP contribution >= 0.6 is 0 Å². The van der Waals surface area contributed by atoms with E-state index in [-0.39, 0.29) is 0 Å². The fourth-order valence-electron chi connectivity index (χ4n) is 2.68. The van der Waals surface area contributed by atoms with Gasteiger partial charge in [0, 0.05) is 37.5 Å².